The first-order chi connectivity index (χ1) is 9.72. The molecular formula is C17H28BrNS. The van der Waals surface area contributed by atoms with Gasteiger partial charge in [-0.15, -0.1) is 11.3 Å². The molecule has 0 radical (unpaired) electrons. The third-order valence-corrected chi connectivity index (χ3v) is 6.39. The number of halogens is 1. The van der Waals surface area contributed by atoms with Gasteiger partial charge in [0.05, 0.1) is 0 Å². The normalized spacial score (nSPS) is 24.8. The Morgan fingerprint density at radius 3 is 2.60 bits per heavy atom. The van der Waals surface area contributed by atoms with E-state index in [9.17, 15) is 0 Å². The fourth-order valence-electron chi connectivity index (χ4n) is 3.63. The van der Waals surface area contributed by atoms with Crippen LogP contribution in [0, 0.1) is 11.8 Å². The van der Waals surface area contributed by atoms with Crippen LogP contribution < -0.4 is 5.32 Å². The number of rotatable bonds is 7. The van der Waals surface area contributed by atoms with Crippen molar-refractivity contribution in [1.29, 1.82) is 0 Å². The molecule has 0 aromatic carbocycles. The number of hydrogen-bond donors (Lipinski definition) is 1. The molecule has 3 heteroatoms. The van der Waals surface area contributed by atoms with E-state index >= 15 is 0 Å². The van der Waals surface area contributed by atoms with E-state index in [1.54, 1.807) is 0 Å². The molecule has 1 aliphatic carbocycles. The Balaban J connectivity index is 1.88. The molecule has 0 bridgehead atoms. The zero-order valence-electron chi connectivity index (χ0n) is 12.8. The number of thiophene rings is 1. The van der Waals surface area contributed by atoms with Gasteiger partial charge < -0.3 is 5.32 Å². The van der Waals surface area contributed by atoms with Crippen LogP contribution in [-0.4, -0.2) is 12.6 Å². The summed E-state index contributed by atoms with van der Waals surface area (Å²) in [6, 6.07) is 2.96. The van der Waals surface area contributed by atoms with Gasteiger partial charge in [0, 0.05) is 20.8 Å². The van der Waals surface area contributed by atoms with E-state index in [0.717, 1.165) is 18.4 Å². The van der Waals surface area contributed by atoms with Gasteiger partial charge in [-0.1, -0.05) is 39.5 Å². The first kappa shape index (κ1) is 16.5. The van der Waals surface area contributed by atoms with Gasteiger partial charge in [0.25, 0.3) is 0 Å². The van der Waals surface area contributed by atoms with Gasteiger partial charge in [0.2, 0.25) is 0 Å². The lowest BCUT2D eigenvalue weighted by molar-refractivity contribution is 0.214. The Morgan fingerprint density at radius 1 is 1.30 bits per heavy atom. The molecule has 1 atom stereocenters. The maximum Gasteiger partial charge on any atom is 0.0285 e. The molecule has 0 spiro atoms. The largest absolute Gasteiger partial charge is 0.314 e. The molecule has 1 heterocycles. The van der Waals surface area contributed by atoms with E-state index < -0.39 is 0 Å². The van der Waals surface area contributed by atoms with Crippen molar-refractivity contribution in [3.63, 3.8) is 0 Å². The molecule has 0 saturated heterocycles. The van der Waals surface area contributed by atoms with E-state index in [1.807, 2.05) is 11.3 Å². The molecule has 20 heavy (non-hydrogen) atoms. The summed E-state index contributed by atoms with van der Waals surface area (Å²) < 4.78 is 1.24. The molecule has 1 saturated carbocycles. The second-order valence-corrected chi connectivity index (χ2v) is 8.08. The van der Waals surface area contributed by atoms with Crippen LogP contribution in [0.3, 0.4) is 0 Å². The van der Waals surface area contributed by atoms with Crippen molar-refractivity contribution in [1.82, 2.24) is 5.32 Å². The molecular weight excluding hydrogens is 330 g/mol. The van der Waals surface area contributed by atoms with Crippen molar-refractivity contribution < 1.29 is 0 Å². The minimum atomic E-state index is 0.674. The summed E-state index contributed by atoms with van der Waals surface area (Å²) in [6.45, 7) is 5.65. The highest BCUT2D eigenvalue weighted by Crippen LogP contribution is 2.34. The Labute approximate surface area is 136 Å². The van der Waals surface area contributed by atoms with Crippen molar-refractivity contribution >= 4 is 27.3 Å². The summed E-state index contributed by atoms with van der Waals surface area (Å²) in [6.07, 6.45) is 9.76. The number of nitrogens with one attached hydrogen (secondary N) is 1. The van der Waals surface area contributed by atoms with Gasteiger partial charge in [0.1, 0.15) is 0 Å². The molecule has 1 aromatic heterocycles. The summed E-state index contributed by atoms with van der Waals surface area (Å²) in [7, 11) is 0. The van der Waals surface area contributed by atoms with Crippen molar-refractivity contribution in [2.45, 2.75) is 64.8 Å². The standard InChI is InChI=1S/C17H28BrNS/c1-3-5-13-6-8-14(9-7-13)17(19-4-2)11-16-10-15(18)12-20-16/h10,12-14,17,19H,3-9,11H2,1-2H3. The van der Waals surface area contributed by atoms with E-state index in [2.05, 4.69) is 46.5 Å². The van der Waals surface area contributed by atoms with Crippen LogP contribution in [-0.2, 0) is 6.42 Å². The molecule has 1 aromatic rings. The Morgan fingerprint density at radius 2 is 2.05 bits per heavy atom. The van der Waals surface area contributed by atoms with Crippen LogP contribution in [0.15, 0.2) is 15.9 Å². The summed E-state index contributed by atoms with van der Waals surface area (Å²) in [5.74, 6) is 1.89. The topological polar surface area (TPSA) is 12.0 Å². The highest BCUT2D eigenvalue weighted by atomic mass is 79.9. The third-order valence-electron chi connectivity index (χ3n) is 4.67. The lowest BCUT2D eigenvalue weighted by atomic mass is 9.76. The summed E-state index contributed by atoms with van der Waals surface area (Å²) in [5.41, 5.74) is 0. The maximum atomic E-state index is 3.75. The van der Waals surface area contributed by atoms with Gasteiger partial charge in [-0.05, 0) is 59.6 Å². The van der Waals surface area contributed by atoms with Gasteiger partial charge in [-0.25, -0.2) is 0 Å². The second kappa shape index (κ2) is 8.55. The highest BCUT2D eigenvalue weighted by molar-refractivity contribution is 9.10. The average Bonchev–Trinajstić information content (AvgIpc) is 2.85. The minimum absolute atomic E-state index is 0.674. The summed E-state index contributed by atoms with van der Waals surface area (Å²) >= 11 is 5.46. The van der Waals surface area contributed by atoms with Crippen LogP contribution in [0.2, 0.25) is 0 Å². The van der Waals surface area contributed by atoms with Gasteiger partial charge in [-0.3, -0.25) is 0 Å². The molecule has 1 aliphatic rings. The van der Waals surface area contributed by atoms with E-state index in [1.165, 1.54) is 54.3 Å². The quantitative estimate of drug-likeness (QED) is 0.665. The summed E-state index contributed by atoms with van der Waals surface area (Å²) in [4.78, 5) is 1.51. The molecule has 0 aliphatic heterocycles. The van der Waals surface area contributed by atoms with E-state index in [-0.39, 0.29) is 0 Å². The fourth-order valence-corrected chi connectivity index (χ4v) is 5.14. The van der Waals surface area contributed by atoms with E-state index in [4.69, 9.17) is 0 Å². The van der Waals surface area contributed by atoms with Crippen molar-refractivity contribution in [2.24, 2.45) is 11.8 Å². The van der Waals surface area contributed by atoms with Crippen LogP contribution in [0.4, 0.5) is 0 Å². The highest BCUT2D eigenvalue weighted by Gasteiger charge is 2.27. The Bertz CT molecular complexity index is 382. The predicted octanol–water partition coefficient (Wildman–Crippen LogP) is 5.64. The summed E-state index contributed by atoms with van der Waals surface area (Å²) in [5, 5.41) is 5.95. The average molecular weight is 358 g/mol. The van der Waals surface area contributed by atoms with Crippen LogP contribution >= 0.6 is 27.3 Å². The predicted molar refractivity (Wildman–Crippen MR) is 93.5 cm³/mol. The molecule has 1 fully saturated rings. The van der Waals surface area contributed by atoms with Crippen molar-refractivity contribution in [3.05, 3.63) is 20.8 Å². The molecule has 0 amide bonds. The van der Waals surface area contributed by atoms with Gasteiger partial charge in [-0.2, -0.15) is 0 Å². The van der Waals surface area contributed by atoms with Crippen molar-refractivity contribution in [3.8, 4) is 0 Å². The molecule has 2 rings (SSSR count). The second-order valence-electron chi connectivity index (χ2n) is 6.17. The zero-order chi connectivity index (χ0) is 14.4. The van der Waals surface area contributed by atoms with Gasteiger partial charge in [0.15, 0.2) is 0 Å². The fraction of sp³-hybridized carbons (Fsp3) is 0.765. The Kier molecular flexibility index (Phi) is 7.06. The first-order valence-corrected chi connectivity index (χ1v) is 9.86. The third kappa shape index (κ3) is 4.85. The van der Waals surface area contributed by atoms with Crippen molar-refractivity contribution in [2.75, 3.05) is 6.54 Å². The van der Waals surface area contributed by atoms with Crippen LogP contribution in [0.5, 0.6) is 0 Å². The first-order valence-electron chi connectivity index (χ1n) is 8.19. The lowest BCUT2D eigenvalue weighted by Gasteiger charge is -2.34. The van der Waals surface area contributed by atoms with E-state index in [0.29, 0.717) is 6.04 Å². The molecule has 114 valence electrons. The lowest BCUT2D eigenvalue weighted by Crippen LogP contribution is -2.39. The number of hydrogen-bond acceptors (Lipinski definition) is 2. The van der Waals surface area contributed by atoms with Crippen LogP contribution in [0.25, 0.3) is 0 Å². The monoisotopic (exact) mass is 357 g/mol. The van der Waals surface area contributed by atoms with Crippen LogP contribution in [0.1, 0.15) is 57.2 Å². The molecule has 1 unspecified atom stereocenters. The minimum Gasteiger partial charge on any atom is -0.314 e. The maximum absolute atomic E-state index is 3.75. The Hall–Kier alpha value is 0.140. The SMILES string of the molecule is CCCC1CCC(C(Cc2cc(Br)cs2)NCC)CC1. The smallest absolute Gasteiger partial charge is 0.0285 e. The number of likely N-dealkylation sites (N-methyl/N-ethyl adjacent to an activating group) is 1. The van der Waals surface area contributed by atoms with Gasteiger partial charge >= 0.3 is 0 Å². The molecule has 1 N–H and O–H groups in total. The molecule has 1 nitrogen and oxygen atoms in total. The zero-order valence-corrected chi connectivity index (χ0v) is 15.2.